The van der Waals surface area contributed by atoms with E-state index in [1.165, 1.54) is 10.8 Å². The summed E-state index contributed by atoms with van der Waals surface area (Å²) in [6, 6.07) is 48.1. The van der Waals surface area contributed by atoms with Gasteiger partial charge in [-0.25, -0.2) is 15.0 Å². The molecule has 0 unspecified atom stereocenters. The first-order valence-corrected chi connectivity index (χ1v) is 14.0. The smallest absolute Gasteiger partial charge is 0.164 e. The monoisotopic (exact) mass is 536 g/mol. The zero-order chi connectivity index (χ0) is 27.9. The van der Waals surface area contributed by atoms with E-state index < -0.39 is 0 Å². The van der Waals surface area contributed by atoms with E-state index in [-0.39, 0.29) is 0 Å². The highest BCUT2D eigenvalue weighted by Crippen LogP contribution is 2.32. The molecule has 0 saturated carbocycles. The number of hydrogen-bond donors (Lipinski definition) is 0. The van der Waals surface area contributed by atoms with Crippen LogP contribution >= 0.6 is 0 Å². The number of aromatic nitrogens is 4. The molecular formula is C38H24N4. The molecule has 2 aromatic heterocycles. The molecule has 0 spiro atoms. The van der Waals surface area contributed by atoms with Gasteiger partial charge in [-0.1, -0.05) is 115 Å². The van der Waals surface area contributed by atoms with Crippen LogP contribution in [-0.4, -0.2) is 19.9 Å². The lowest BCUT2D eigenvalue weighted by atomic mass is 10.0. The first-order chi connectivity index (χ1) is 20.8. The van der Waals surface area contributed by atoms with Crippen molar-refractivity contribution >= 4 is 32.3 Å². The van der Waals surface area contributed by atoms with E-state index in [9.17, 15) is 0 Å². The Morgan fingerprint density at radius 3 is 1.45 bits per heavy atom. The Balaban J connectivity index is 1.32. The molecule has 0 atom stereocenters. The quantitative estimate of drug-likeness (QED) is 0.225. The maximum atomic E-state index is 5.02. The summed E-state index contributed by atoms with van der Waals surface area (Å²) in [5.41, 5.74) is 4.77. The lowest BCUT2D eigenvalue weighted by Gasteiger charge is -2.11. The average molecular weight is 537 g/mol. The van der Waals surface area contributed by atoms with E-state index in [1.807, 2.05) is 18.3 Å². The standard InChI is InChI=1S/C38H24N4/c1-3-11-28-22-32(18-16-25(28)8-1)37-40-36(41-38(42-37)33-19-17-26-9-2-4-12-29(26)23-33)31-14-7-13-30(24-31)35-34-15-6-5-10-27(34)20-21-39-35/h1-24H. The summed E-state index contributed by atoms with van der Waals surface area (Å²) in [6.07, 6.45) is 1.86. The first-order valence-electron chi connectivity index (χ1n) is 14.0. The van der Waals surface area contributed by atoms with Crippen molar-refractivity contribution in [3.8, 4) is 45.4 Å². The lowest BCUT2D eigenvalue weighted by molar-refractivity contribution is 1.07. The van der Waals surface area contributed by atoms with Crippen LogP contribution in [0.1, 0.15) is 0 Å². The topological polar surface area (TPSA) is 51.6 Å². The predicted molar refractivity (Wildman–Crippen MR) is 172 cm³/mol. The molecule has 196 valence electrons. The van der Waals surface area contributed by atoms with Gasteiger partial charge in [-0.15, -0.1) is 0 Å². The fraction of sp³-hybridized carbons (Fsp3) is 0. The Hall–Kier alpha value is -5.74. The van der Waals surface area contributed by atoms with Gasteiger partial charge in [0.1, 0.15) is 0 Å². The van der Waals surface area contributed by atoms with Crippen molar-refractivity contribution in [2.45, 2.75) is 0 Å². The van der Waals surface area contributed by atoms with Crippen LogP contribution in [0.15, 0.2) is 146 Å². The van der Waals surface area contributed by atoms with E-state index in [4.69, 9.17) is 19.9 Å². The van der Waals surface area contributed by atoms with E-state index >= 15 is 0 Å². The second-order valence-electron chi connectivity index (χ2n) is 10.4. The van der Waals surface area contributed by atoms with Crippen LogP contribution in [-0.2, 0) is 0 Å². The second kappa shape index (κ2) is 10.0. The molecule has 6 aromatic carbocycles. The summed E-state index contributed by atoms with van der Waals surface area (Å²) in [4.78, 5) is 19.8. The highest BCUT2D eigenvalue weighted by Gasteiger charge is 2.15. The van der Waals surface area contributed by atoms with Gasteiger partial charge in [0.2, 0.25) is 0 Å². The molecule has 8 aromatic rings. The third kappa shape index (κ3) is 4.36. The van der Waals surface area contributed by atoms with Crippen molar-refractivity contribution < 1.29 is 0 Å². The molecule has 4 heteroatoms. The van der Waals surface area contributed by atoms with E-state index in [0.717, 1.165) is 49.5 Å². The maximum absolute atomic E-state index is 5.02. The Morgan fingerprint density at radius 2 is 0.833 bits per heavy atom. The summed E-state index contributed by atoms with van der Waals surface area (Å²) in [5.74, 6) is 1.91. The largest absolute Gasteiger partial charge is 0.256 e. The molecule has 0 fully saturated rings. The van der Waals surface area contributed by atoms with Crippen LogP contribution in [0.25, 0.3) is 77.7 Å². The normalized spacial score (nSPS) is 11.3. The van der Waals surface area contributed by atoms with Crippen molar-refractivity contribution in [2.24, 2.45) is 0 Å². The molecule has 42 heavy (non-hydrogen) atoms. The molecule has 0 N–H and O–H groups in total. The minimum Gasteiger partial charge on any atom is -0.256 e. The van der Waals surface area contributed by atoms with Gasteiger partial charge in [0.15, 0.2) is 17.5 Å². The molecule has 0 radical (unpaired) electrons. The van der Waals surface area contributed by atoms with Crippen molar-refractivity contribution in [3.05, 3.63) is 146 Å². The van der Waals surface area contributed by atoms with Gasteiger partial charge in [-0.2, -0.15) is 0 Å². The molecular weight excluding hydrogens is 512 g/mol. The maximum Gasteiger partial charge on any atom is 0.164 e. The number of rotatable bonds is 4. The molecule has 0 amide bonds. The molecule has 0 aliphatic rings. The zero-order valence-corrected chi connectivity index (χ0v) is 22.6. The van der Waals surface area contributed by atoms with Crippen LogP contribution in [0.5, 0.6) is 0 Å². The SMILES string of the molecule is c1cc(-c2nc(-c3ccc4ccccc4c3)nc(-c3ccc4ccccc4c3)n2)cc(-c2nccc3ccccc23)c1. The highest BCUT2D eigenvalue weighted by atomic mass is 15.0. The molecule has 0 aliphatic carbocycles. The zero-order valence-electron chi connectivity index (χ0n) is 22.6. The fourth-order valence-electron chi connectivity index (χ4n) is 5.58. The van der Waals surface area contributed by atoms with Crippen LogP contribution in [0.2, 0.25) is 0 Å². The van der Waals surface area contributed by atoms with Gasteiger partial charge in [0, 0.05) is 33.8 Å². The molecule has 0 aliphatic heterocycles. The Labute approximate surface area is 243 Å². The van der Waals surface area contributed by atoms with Gasteiger partial charge >= 0.3 is 0 Å². The molecule has 2 heterocycles. The predicted octanol–water partition coefficient (Wildman–Crippen LogP) is 9.39. The third-order valence-electron chi connectivity index (χ3n) is 7.72. The van der Waals surface area contributed by atoms with E-state index in [0.29, 0.717) is 17.5 Å². The van der Waals surface area contributed by atoms with Crippen molar-refractivity contribution in [1.29, 1.82) is 0 Å². The Morgan fingerprint density at radius 1 is 0.333 bits per heavy atom. The average Bonchev–Trinajstić information content (AvgIpc) is 3.07. The third-order valence-corrected chi connectivity index (χ3v) is 7.72. The minimum atomic E-state index is 0.624. The van der Waals surface area contributed by atoms with Crippen LogP contribution in [0.4, 0.5) is 0 Å². The van der Waals surface area contributed by atoms with Gasteiger partial charge in [-0.3, -0.25) is 4.98 Å². The van der Waals surface area contributed by atoms with Gasteiger partial charge < -0.3 is 0 Å². The number of benzene rings is 6. The first kappa shape index (κ1) is 24.1. The van der Waals surface area contributed by atoms with Crippen molar-refractivity contribution in [1.82, 2.24) is 19.9 Å². The molecule has 0 saturated heterocycles. The van der Waals surface area contributed by atoms with Crippen LogP contribution in [0, 0.1) is 0 Å². The molecule has 8 rings (SSSR count). The molecule has 0 bridgehead atoms. The van der Waals surface area contributed by atoms with Crippen molar-refractivity contribution in [2.75, 3.05) is 0 Å². The van der Waals surface area contributed by atoms with Gasteiger partial charge in [0.25, 0.3) is 0 Å². The second-order valence-corrected chi connectivity index (χ2v) is 10.4. The summed E-state index contributed by atoms with van der Waals surface area (Å²) < 4.78 is 0. The minimum absolute atomic E-state index is 0.624. The van der Waals surface area contributed by atoms with E-state index in [2.05, 4.69) is 127 Å². The number of fused-ring (bicyclic) bond motifs is 3. The number of hydrogen-bond acceptors (Lipinski definition) is 4. The summed E-state index contributed by atoms with van der Waals surface area (Å²) >= 11 is 0. The highest BCUT2D eigenvalue weighted by molar-refractivity contribution is 5.95. The van der Waals surface area contributed by atoms with Crippen molar-refractivity contribution in [3.63, 3.8) is 0 Å². The van der Waals surface area contributed by atoms with Crippen LogP contribution in [0.3, 0.4) is 0 Å². The van der Waals surface area contributed by atoms with E-state index in [1.54, 1.807) is 0 Å². The summed E-state index contributed by atoms with van der Waals surface area (Å²) in [6.45, 7) is 0. The summed E-state index contributed by atoms with van der Waals surface area (Å²) in [7, 11) is 0. The van der Waals surface area contributed by atoms with Gasteiger partial charge in [0.05, 0.1) is 5.69 Å². The van der Waals surface area contributed by atoms with Gasteiger partial charge in [-0.05, 0) is 51.2 Å². The Bertz CT molecular complexity index is 2170. The molecule has 4 nitrogen and oxygen atoms in total. The number of nitrogens with zero attached hydrogens (tertiary/aromatic N) is 4. The fourth-order valence-corrected chi connectivity index (χ4v) is 5.58. The number of pyridine rings is 1. The summed E-state index contributed by atoms with van der Waals surface area (Å²) in [5, 5.41) is 6.93. The van der Waals surface area contributed by atoms with Crippen LogP contribution < -0.4 is 0 Å². The Kier molecular flexibility index (Phi) is 5.75. The lowest BCUT2D eigenvalue weighted by Crippen LogP contribution is -2.00.